The third-order valence-corrected chi connectivity index (χ3v) is 5.70. The minimum Gasteiger partial charge on any atom is -0.494 e. The summed E-state index contributed by atoms with van der Waals surface area (Å²) in [5.41, 5.74) is 10.9. The third kappa shape index (κ3) is 6.59. The van der Waals surface area contributed by atoms with E-state index < -0.39 is 0 Å². The standard InChI is InChI=1S/C27H28ClN3O3.C2H6/c1-2-16-33-21-10-7-19(8-11-21)24-12-13-25(22-5-3-4-6-23(22)28)31(24)18-20-9-14-26(27(29)30-20)34-17-15-32;1-2/h3-14,32H,2,15-18H2,1H3,(H2,29,30);1-2H3. The predicted octanol–water partition coefficient (Wildman–Crippen LogP) is 6.69. The van der Waals surface area contributed by atoms with Crippen molar-refractivity contribution in [3.63, 3.8) is 0 Å². The number of aliphatic hydroxyl groups excluding tert-OH is 1. The van der Waals surface area contributed by atoms with E-state index in [-0.39, 0.29) is 19.0 Å². The average molecular weight is 508 g/mol. The van der Waals surface area contributed by atoms with Gasteiger partial charge in [0.25, 0.3) is 0 Å². The first kappa shape index (κ1) is 27.1. The highest BCUT2D eigenvalue weighted by atomic mass is 35.5. The minimum atomic E-state index is -0.0859. The van der Waals surface area contributed by atoms with E-state index in [9.17, 15) is 0 Å². The highest BCUT2D eigenvalue weighted by molar-refractivity contribution is 6.33. The first-order valence-electron chi connectivity index (χ1n) is 12.3. The van der Waals surface area contributed by atoms with Crippen LogP contribution in [-0.4, -0.2) is 34.5 Å². The predicted molar refractivity (Wildman–Crippen MR) is 148 cm³/mol. The number of aliphatic hydroxyl groups is 1. The zero-order chi connectivity index (χ0) is 25.9. The minimum absolute atomic E-state index is 0.0859. The van der Waals surface area contributed by atoms with Crippen molar-refractivity contribution < 1.29 is 14.6 Å². The molecule has 2 aromatic heterocycles. The van der Waals surface area contributed by atoms with E-state index in [0.717, 1.165) is 40.4 Å². The number of aromatic nitrogens is 2. The second-order valence-corrected chi connectivity index (χ2v) is 8.21. The molecule has 0 aliphatic rings. The molecule has 4 aromatic rings. The van der Waals surface area contributed by atoms with Crippen molar-refractivity contribution >= 4 is 17.4 Å². The Kier molecular flexibility index (Phi) is 10.2. The fourth-order valence-electron chi connectivity index (χ4n) is 3.77. The van der Waals surface area contributed by atoms with Gasteiger partial charge in [0.15, 0.2) is 11.6 Å². The summed E-state index contributed by atoms with van der Waals surface area (Å²) in [4.78, 5) is 4.54. The maximum atomic E-state index is 9.00. The summed E-state index contributed by atoms with van der Waals surface area (Å²) in [5.74, 6) is 1.60. The molecule has 0 atom stereocenters. The second-order valence-electron chi connectivity index (χ2n) is 7.80. The number of nitrogen functional groups attached to an aromatic ring is 1. The summed E-state index contributed by atoms with van der Waals surface area (Å²) in [6.45, 7) is 7.35. The van der Waals surface area contributed by atoms with Gasteiger partial charge in [-0.25, -0.2) is 4.98 Å². The number of rotatable bonds is 10. The zero-order valence-electron chi connectivity index (χ0n) is 21.1. The van der Waals surface area contributed by atoms with Crippen LogP contribution in [0.4, 0.5) is 5.82 Å². The molecule has 3 N–H and O–H groups in total. The van der Waals surface area contributed by atoms with Gasteiger partial charge in [-0.3, -0.25) is 0 Å². The molecule has 0 bridgehead atoms. The Bertz CT molecular complexity index is 1240. The van der Waals surface area contributed by atoms with Gasteiger partial charge < -0.3 is 24.9 Å². The third-order valence-electron chi connectivity index (χ3n) is 5.37. The van der Waals surface area contributed by atoms with Crippen molar-refractivity contribution in [2.24, 2.45) is 0 Å². The molecule has 7 heteroatoms. The lowest BCUT2D eigenvalue weighted by atomic mass is 10.1. The molecule has 0 radical (unpaired) electrons. The maximum absolute atomic E-state index is 9.00. The molecular weight excluding hydrogens is 474 g/mol. The Morgan fingerprint density at radius 2 is 1.61 bits per heavy atom. The van der Waals surface area contributed by atoms with E-state index in [1.165, 1.54) is 0 Å². The van der Waals surface area contributed by atoms with Crippen LogP contribution in [0.1, 0.15) is 32.9 Å². The molecule has 0 saturated carbocycles. The van der Waals surface area contributed by atoms with Gasteiger partial charge in [-0.15, -0.1) is 0 Å². The van der Waals surface area contributed by atoms with Crippen molar-refractivity contribution in [3.05, 3.63) is 83.5 Å². The van der Waals surface area contributed by atoms with E-state index in [0.29, 0.717) is 23.9 Å². The lowest BCUT2D eigenvalue weighted by molar-refractivity contribution is 0.201. The maximum Gasteiger partial charge on any atom is 0.166 e. The number of hydrogen-bond acceptors (Lipinski definition) is 5. The van der Waals surface area contributed by atoms with Crippen LogP contribution >= 0.6 is 11.6 Å². The summed E-state index contributed by atoms with van der Waals surface area (Å²) < 4.78 is 13.4. The summed E-state index contributed by atoms with van der Waals surface area (Å²) in [7, 11) is 0. The smallest absolute Gasteiger partial charge is 0.166 e. The number of hydrogen-bond donors (Lipinski definition) is 2. The van der Waals surface area contributed by atoms with Crippen LogP contribution in [0.5, 0.6) is 11.5 Å². The first-order chi connectivity index (χ1) is 17.6. The van der Waals surface area contributed by atoms with Gasteiger partial charge in [0.2, 0.25) is 0 Å². The van der Waals surface area contributed by atoms with E-state index in [1.807, 2.05) is 56.3 Å². The molecule has 0 saturated heterocycles. The highest BCUT2D eigenvalue weighted by Gasteiger charge is 2.16. The number of benzene rings is 2. The van der Waals surface area contributed by atoms with Crippen molar-refractivity contribution in [2.75, 3.05) is 25.6 Å². The van der Waals surface area contributed by atoms with E-state index in [1.54, 1.807) is 6.07 Å². The highest BCUT2D eigenvalue weighted by Crippen LogP contribution is 2.34. The average Bonchev–Trinajstić information content (AvgIpc) is 3.31. The Labute approximate surface area is 218 Å². The molecule has 2 heterocycles. The fraction of sp³-hybridized carbons (Fsp3) is 0.276. The van der Waals surface area contributed by atoms with Crippen molar-refractivity contribution in [2.45, 2.75) is 33.7 Å². The SMILES string of the molecule is CC.CCCOc1ccc(-c2ccc(-c3ccccc3Cl)n2Cc2ccc(OCCO)c(N)n2)cc1. The van der Waals surface area contributed by atoms with Crippen LogP contribution in [0.15, 0.2) is 72.8 Å². The fourth-order valence-corrected chi connectivity index (χ4v) is 4.00. The topological polar surface area (TPSA) is 82.5 Å². The van der Waals surface area contributed by atoms with Crippen molar-refractivity contribution in [1.29, 1.82) is 0 Å². The lowest BCUT2D eigenvalue weighted by Crippen LogP contribution is -2.09. The Balaban J connectivity index is 0.00000176. The molecular formula is C29H34ClN3O3. The van der Waals surface area contributed by atoms with Crippen LogP contribution in [0.25, 0.3) is 22.5 Å². The number of nitrogens with zero attached hydrogens (tertiary/aromatic N) is 2. The molecule has 0 unspecified atom stereocenters. The second kappa shape index (κ2) is 13.6. The Morgan fingerprint density at radius 3 is 2.28 bits per heavy atom. The quantitative estimate of drug-likeness (QED) is 0.250. The van der Waals surface area contributed by atoms with Gasteiger partial charge in [0, 0.05) is 16.3 Å². The molecule has 0 aliphatic carbocycles. The number of pyridine rings is 1. The van der Waals surface area contributed by atoms with E-state index in [4.69, 9.17) is 31.9 Å². The Hall–Kier alpha value is -3.48. The largest absolute Gasteiger partial charge is 0.494 e. The summed E-state index contributed by atoms with van der Waals surface area (Å²) in [6.07, 6.45) is 0.964. The zero-order valence-corrected chi connectivity index (χ0v) is 21.8. The summed E-state index contributed by atoms with van der Waals surface area (Å²) in [5, 5.41) is 9.67. The first-order valence-corrected chi connectivity index (χ1v) is 12.6. The van der Waals surface area contributed by atoms with E-state index in [2.05, 4.69) is 40.7 Å². The van der Waals surface area contributed by atoms with Crippen LogP contribution in [-0.2, 0) is 6.54 Å². The van der Waals surface area contributed by atoms with Crippen LogP contribution in [0.2, 0.25) is 5.02 Å². The van der Waals surface area contributed by atoms with Crippen LogP contribution in [0, 0.1) is 0 Å². The Morgan fingerprint density at radius 1 is 0.889 bits per heavy atom. The molecule has 4 rings (SSSR count). The van der Waals surface area contributed by atoms with Gasteiger partial charge in [-0.1, -0.05) is 50.6 Å². The summed E-state index contributed by atoms with van der Waals surface area (Å²) >= 11 is 6.55. The van der Waals surface area contributed by atoms with Gasteiger partial charge in [0.1, 0.15) is 12.4 Å². The number of anilines is 1. The van der Waals surface area contributed by atoms with Gasteiger partial charge in [-0.2, -0.15) is 0 Å². The molecule has 0 amide bonds. The van der Waals surface area contributed by atoms with Gasteiger partial charge in [-0.05, 0) is 66.6 Å². The molecule has 0 aliphatic heterocycles. The van der Waals surface area contributed by atoms with Crippen molar-refractivity contribution in [3.8, 4) is 34.0 Å². The summed E-state index contributed by atoms with van der Waals surface area (Å²) in [6, 6.07) is 23.7. The van der Waals surface area contributed by atoms with Gasteiger partial charge >= 0.3 is 0 Å². The lowest BCUT2D eigenvalue weighted by Gasteiger charge is -2.16. The van der Waals surface area contributed by atoms with Crippen LogP contribution in [0.3, 0.4) is 0 Å². The molecule has 0 fully saturated rings. The monoisotopic (exact) mass is 507 g/mol. The molecule has 2 aromatic carbocycles. The van der Waals surface area contributed by atoms with Crippen molar-refractivity contribution in [1.82, 2.24) is 9.55 Å². The number of nitrogens with two attached hydrogens (primary N) is 1. The molecule has 6 nitrogen and oxygen atoms in total. The number of halogens is 1. The normalized spacial score (nSPS) is 10.5. The number of ether oxygens (including phenoxy) is 2. The molecule has 190 valence electrons. The van der Waals surface area contributed by atoms with E-state index >= 15 is 0 Å². The molecule has 0 spiro atoms. The van der Waals surface area contributed by atoms with Gasteiger partial charge in [0.05, 0.1) is 31.1 Å². The van der Waals surface area contributed by atoms with Crippen LogP contribution < -0.4 is 15.2 Å². The molecule has 36 heavy (non-hydrogen) atoms.